The summed E-state index contributed by atoms with van der Waals surface area (Å²) in [6.45, 7) is 0. The van der Waals surface area contributed by atoms with Crippen LogP contribution < -0.4 is 51.4 Å². The van der Waals surface area contributed by atoms with Crippen molar-refractivity contribution in [3.63, 3.8) is 0 Å². The average molecular weight is 126 g/mol. The van der Waals surface area contributed by atoms with Gasteiger partial charge in [-0.15, -0.1) is 0 Å². The molecule has 0 atom stereocenters. The van der Waals surface area contributed by atoms with Crippen LogP contribution in [-0.4, -0.2) is 14.7 Å². The van der Waals surface area contributed by atoms with Gasteiger partial charge in [-0.25, -0.2) is 0 Å². The molecule has 0 saturated carbocycles. The molecule has 0 fully saturated rings. The molecule has 0 aromatic rings. The van der Waals surface area contributed by atoms with E-state index >= 15 is 0 Å². The standard InChI is InChI=1S/K.H3O3P.2H2.H/c;1-4(2)3;;;/h;1-3H;2*1H;/q+1;;;;-1. The average Bonchev–Trinajstić information content (AvgIpc) is 0.811. The minimum absolute atomic E-state index is 0. The Bertz CT molecular complexity index is 19.2. The van der Waals surface area contributed by atoms with E-state index in [1.807, 2.05) is 0 Å². The van der Waals surface area contributed by atoms with Crippen LogP contribution in [0.5, 0.6) is 0 Å². The second kappa shape index (κ2) is 5.95. The number of hydrogen-bond donors (Lipinski definition) is 3. The first-order valence-corrected chi connectivity index (χ1v) is 1.80. The zero-order valence-electron chi connectivity index (χ0n) is 3.79. The van der Waals surface area contributed by atoms with E-state index < -0.39 is 8.60 Å². The van der Waals surface area contributed by atoms with Crippen LogP contribution in [0, 0.1) is 0 Å². The van der Waals surface area contributed by atoms with Crippen molar-refractivity contribution in [2.75, 3.05) is 0 Å². The molecule has 0 unspecified atom stereocenters. The van der Waals surface area contributed by atoms with E-state index in [1.54, 1.807) is 0 Å². The summed E-state index contributed by atoms with van der Waals surface area (Å²) in [7, 11) is -2.62. The molecule has 0 aromatic heterocycles. The van der Waals surface area contributed by atoms with Crippen molar-refractivity contribution in [3.8, 4) is 0 Å². The first-order valence-electron chi connectivity index (χ1n) is 0.600. The summed E-state index contributed by atoms with van der Waals surface area (Å²) in [5.74, 6) is 0. The molecule has 0 aromatic carbocycles. The third kappa shape index (κ3) is 24.4. The Hall–Kier alpha value is 1.95. The van der Waals surface area contributed by atoms with Crippen LogP contribution in [0.25, 0.3) is 0 Å². The second-order valence-corrected chi connectivity index (χ2v) is 0.805. The van der Waals surface area contributed by atoms with E-state index in [2.05, 4.69) is 0 Å². The van der Waals surface area contributed by atoms with Gasteiger partial charge in [0.15, 0.2) is 0 Å². The molecule has 32 valence electrons. The summed E-state index contributed by atoms with van der Waals surface area (Å²) in [4.78, 5) is 21.7. The number of rotatable bonds is 0. The molecule has 0 spiro atoms. The van der Waals surface area contributed by atoms with E-state index in [-0.39, 0.29) is 55.7 Å². The van der Waals surface area contributed by atoms with Crippen LogP contribution in [0.1, 0.15) is 4.28 Å². The van der Waals surface area contributed by atoms with Gasteiger partial charge >= 0.3 is 60.0 Å². The Morgan fingerprint density at radius 1 is 1.40 bits per heavy atom. The predicted octanol–water partition coefficient (Wildman–Crippen LogP) is -3.20. The zero-order valence-corrected chi connectivity index (χ0v) is 6.81. The minimum Gasteiger partial charge on any atom is -1.00 e. The van der Waals surface area contributed by atoms with Crippen molar-refractivity contribution in [3.05, 3.63) is 0 Å². The van der Waals surface area contributed by atoms with Gasteiger partial charge < -0.3 is 16.1 Å². The van der Waals surface area contributed by atoms with Gasteiger partial charge in [-0.05, 0) is 0 Å². The van der Waals surface area contributed by atoms with E-state index in [9.17, 15) is 0 Å². The summed E-state index contributed by atoms with van der Waals surface area (Å²) in [6, 6.07) is 0. The van der Waals surface area contributed by atoms with Crippen LogP contribution in [0.3, 0.4) is 0 Å². The second-order valence-electron chi connectivity index (χ2n) is 0.268. The maximum Gasteiger partial charge on any atom is 1.00 e. The summed E-state index contributed by atoms with van der Waals surface area (Å²) >= 11 is 0. The Kier molecular flexibility index (Phi) is 11.9. The molecule has 0 heterocycles. The molecule has 0 radical (unpaired) electrons. The van der Waals surface area contributed by atoms with Gasteiger partial charge in [-0.2, -0.15) is 0 Å². The SMILES string of the molecule is OP(O)O.[H-].[HH].[HH].[K+]. The molecule has 3 N–H and O–H groups in total. The predicted molar refractivity (Wildman–Crippen MR) is 18.9 cm³/mol. The van der Waals surface area contributed by atoms with Gasteiger partial charge in [0.05, 0.1) is 0 Å². The molecular weight excluding hydrogens is 118 g/mol. The quantitative estimate of drug-likeness (QED) is 0.236. The molecule has 3 nitrogen and oxygen atoms in total. The van der Waals surface area contributed by atoms with E-state index in [4.69, 9.17) is 14.7 Å². The molecule has 0 aliphatic heterocycles. The van der Waals surface area contributed by atoms with Gasteiger partial charge in [0.25, 0.3) is 0 Å². The molecule has 0 saturated heterocycles. The van der Waals surface area contributed by atoms with Crippen molar-refractivity contribution in [2.24, 2.45) is 0 Å². The molecule has 5 heavy (non-hydrogen) atoms. The van der Waals surface area contributed by atoms with E-state index in [0.29, 0.717) is 0 Å². The summed E-state index contributed by atoms with van der Waals surface area (Å²) in [5, 5.41) is 0. The van der Waals surface area contributed by atoms with Crippen molar-refractivity contribution >= 4 is 8.60 Å². The topological polar surface area (TPSA) is 60.7 Å². The molecule has 5 heteroatoms. The molecule has 0 rings (SSSR count). The third-order valence-corrected chi connectivity index (χ3v) is 0. The van der Waals surface area contributed by atoms with Crippen LogP contribution in [0.2, 0.25) is 0 Å². The first kappa shape index (κ1) is 10.0. The van der Waals surface area contributed by atoms with Crippen molar-refractivity contribution in [2.45, 2.75) is 0 Å². The van der Waals surface area contributed by atoms with Crippen molar-refractivity contribution in [1.82, 2.24) is 0 Å². The van der Waals surface area contributed by atoms with Gasteiger partial charge in [0, 0.05) is 2.85 Å². The smallest absolute Gasteiger partial charge is 1.00 e. The molecule has 0 amide bonds. The molecule has 0 bridgehead atoms. The number of hydrogen-bond acceptors (Lipinski definition) is 3. The van der Waals surface area contributed by atoms with Gasteiger partial charge in [0.2, 0.25) is 0 Å². The van der Waals surface area contributed by atoms with Gasteiger partial charge in [-0.1, -0.05) is 0 Å². The summed E-state index contributed by atoms with van der Waals surface area (Å²) in [5.41, 5.74) is 0. The molecular formula is H8KO3P. The fourth-order valence-corrected chi connectivity index (χ4v) is 0. The Morgan fingerprint density at radius 3 is 1.40 bits per heavy atom. The normalized spacial score (nSPS) is 7.20. The van der Waals surface area contributed by atoms with Gasteiger partial charge in [0.1, 0.15) is 0 Å². The Labute approximate surface area is 77.9 Å². The van der Waals surface area contributed by atoms with Crippen molar-refractivity contribution < 1.29 is 70.3 Å². The fourth-order valence-electron chi connectivity index (χ4n) is 0. The maximum atomic E-state index is 7.23. The van der Waals surface area contributed by atoms with Crippen LogP contribution >= 0.6 is 8.60 Å². The molecule has 0 aliphatic rings. The largest absolute Gasteiger partial charge is 1.00 e. The fraction of sp³-hybridized carbons (Fsp3) is 0. The van der Waals surface area contributed by atoms with Crippen LogP contribution in [-0.2, 0) is 0 Å². The monoisotopic (exact) mass is 126 g/mol. The van der Waals surface area contributed by atoms with E-state index in [0.717, 1.165) is 0 Å². The van der Waals surface area contributed by atoms with Crippen LogP contribution in [0.4, 0.5) is 0 Å². The first-order chi connectivity index (χ1) is 1.73. The summed E-state index contributed by atoms with van der Waals surface area (Å²) < 4.78 is 0. The minimum atomic E-state index is -2.62. The Balaban J connectivity index is -0.00000000750. The maximum absolute atomic E-state index is 7.23. The van der Waals surface area contributed by atoms with E-state index in [1.165, 1.54) is 0 Å². The Morgan fingerprint density at radius 2 is 1.40 bits per heavy atom. The molecule has 0 aliphatic carbocycles. The van der Waals surface area contributed by atoms with Crippen LogP contribution in [0.15, 0.2) is 0 Å². The van der Waals surface area contributed by atoms with Gasteiger partial charge in [-0.3, -0.25) is 0 Å². The third-order valence-electron chi connectivity index (χ3n) is 0. The zero-order chi connectivity index (χ0) is 3.58. The van der Waals surface area contributed by atoms with Crippen molar-refractivity contribution in [1.29, 1.82) is 0 Å². The summed E-state index contributed by atoms with van der Waals surface area (Å²) in [6.07, 6.45) is 0.